The van der Waals surface area contributed by atoms with E-state index in [9.17, 15) is 14.4 Å². The lowest BCUT2D eigenvalue weighted by molar-refractivity contribution is -0.142. The lowest BCUT2D eigenvalue weighted by Gasteiger charge is -2.16. The maximum absolute atomic E-state index is 12.7. The zero-order chi connectivity index (χ0) is 20.3. The van der Waals surface area contributed by atoms with Crippen LogP contribution in [0.4, 0.5) is 0 Å². The van der Waals surface area contributed by atoms with E-state index in [0.29, 0.717) is 22.3 Å². The van der Waals surface area contributed by atoms with Gasteiger partial charge in [-0.1, -0.05) is 28.1 Å². The molecule has 2 aromatic carbocycles. The van der Waals surface area contributed by atoms with Gasteiger partial charge in [-0.25, -0.2) is 4.79 Å². The van der Waals surface area contributed by atoms with Gasteiger partial charge in [0.05, 0.1) is 20.1 Å². The summed E-state index contributed by atoms with van der Waals surface area (Å²) in [6.07, 6.45) is -0.140. The number of ether oxygens (including phenoxy) is 2. The first-order valence-electron chi connectivity index (χ1n) is 8.41. The first kappa shape index (κ1) is 19.8. The Morgan fingerprint density at radius 3 is 2.43 bits per heavy atom. The maximum Gasteiger partial charge on any atom is 0.336 e. The molecule has 6 nitrogen and oxygen atoms in total. The van der Waals surface area contributed by atoms with Crippen molar-refractivity contribution in [3.8, 4) is 5.75 Å². The van der Waals surface area contributed by atoms with Crippen LogP contribution in [-0.4, -0.2) is 26.0 Å². The van der Waals surface area contributed by atoms with E-state index in [0.717, 1.165) is 4.47 Å². The van der Waals surface area contributed by atoms with Crippen LogP contribution in [0.2, 0.25) is 0 Å². The molecule has 0 saturated heterocycles. The van der Waals surface area contributed by atoms with Gasteiger partial charge in [0.1, 0.15) is 11.3 Å². The van der Waals surface area contributed by atoms with E-state index >= 15 is 0 Å². The first-order valence-corrected chi connectivity index (χ1v) is 9.20. The molecule has 0 saturated carbocycles. The number of hydrogen-bond donors (Lipinski definition) is 0. The summed E-state index contributed by atoms with van der Waals surface area (Å²) in [5, 5.41) is 0.541. The first-order chi connectivity index (χ1) is 13.4. The summed E-state index contributed by atoms with van der Waals surface area (Å²) in [5.74, 6) is -1.28. The molecular formula is C21H17BrO6. The van der Waals surface area contributed by atoms with Crippen LogP contribution in [0.1, 0.15) is 28.3 Å². The van der Waals surface area contributed by atoms with Gasteiger partial charge in [-0.2, -0.15) is 0 Å². The molecule has 7 heteroatoms. The second-order valence-electron chi connectivity index (χ2n) is 6.09. The number of carbonyl (C=O) groups excluding carboxylic acids is 2. The number of fused-ring (bicyclic) bond motifs is 1. The Hall–Kier alpha value is -2.93. The summed E-state index contributed by atoms with van der Waals surface area (Å²) >= 11 is 3.32. The maximum atomic E-state index is 12.7. The van der Waals surface area contributed by atoms with Crippen molar-refractivity contribution >= 4 is 38.7 Å². The zero-order valence-electron chi connectivity index (χ0n) is 15.2. The van der Waals surface area contributed by atoms with Crippen LogP contribution in [0.5, 0.6) is 5.75 Å². The quantitative estimate of drug-likeness (QED) is 0.323. The Balaban J connectivity index is 2.07. The lowest BCUT2D eigenvalue weighted by Crippen LogP contribution is -2.20. The Morgan fingerprint density at radius 1 is 1.07 bits per heavy atom. The molecule has 0 unspecified atom stereocenters. The molecule has 0 N–H and O–H groups in total. The van der Waals surface area contributed by atoms with Gasteiger partial charge >= 0.3 is 11.6 Å². The van der Waals surface area contributed by atoms with Crippen molar-refractivity contribution in [1.82, 2.24) is 0 Å². The molecule has 3 aromatic rings. The molecule has 0 aliphatic heterocycles. The highest BCUT2D eigenvalue weighted by Crippen LogP contribution is 2.31. The predicted molar refractivity (Wildman–Crippen MR) is 107 cm³/mol. The molecule has 1 aromatic heterocycles. The molecular weight excluding hydrogens is 428 g/mol. The third-order valence-electron chi connectivity index (χ3n) is 4.40. The van der Waals surface area contributed by atoms with E-state index in [1.165, 1.54) is 20.3 Å². The molecule has 0 spiro atoms. The third-order valence-corrected chi connectivity index (χ3v) is 4.93. The van der Waals surface area contributed by atoms with E-state index < -0.39 is 17.5 Å². The summed E-state index contributed by atoms with van der Waals surface area (Å²) in [6, 6.07) is 13.0. The van der Waals surface area contributed by atoms with Crippen LogP contribution < -0.4 is 10.4 Å². The Bertz CT molecular complexity index is 1080. The summed E-state index contributed by atoms with van der Waals surface area (Å²) in [7, 11) is 2.74. The number of esters is 1. The van der Waals surface area contributed by atoms with Crippen molar-refractivity contribution < 1.29 is 23.5 Å². The number of ketones is 1. The largest absolute Gasteiger partial charge is 0.497 e. The van der Waals surface area contributed by atoms with Crippen molar-refractivity contribution in [2.24, 2.45) is 0 Å². The average Bonchev–Trinajstić information content (AvgIpc) is 2.70. The lowest BCUT2D eigenvalue weighted by atomic mass is 9.89. The molecule has 0 radical (unpaired) electrons. The van der Waals surface area contributed by atoms with Gasteiger partial charge in [0.2, 0.25) is 0 Å². The van der Waals surface area contributed by atoms with Crippen LogP contribution in [0.15, 0.2) is 62.2 Å². The molecule has 0 bridgehead atoms. The van der Waals surface area contributed by atoms with Gasteiger partial charge in [0.25, 0.3) is 0 Å². The van der Waals surface area contributed by atoms with Gasteiger partial charge in [-0.05, 0) is 29.8 Å². The summed E-state index contributed by atoms with van der Waals surface area (Å²) in [5.41, 5.74) is 0.491. The fourth-order valence-electron chi connectivity index (χ4n) is 2.98. The van der Waals surface area contributed by atoms with E-state index in [1.807, 2.05) is 0 Å². The molecule has 0 aliphatic rings. The fraction of sp³-hybridized carbons (Fsp3) is 0.190. The van der Waals surface area contributed by atoms with Gasteiger partial charge in [-0.15, -0.1) is 0 Å². The topological polar surface area (TPSA) is 82.8 Å². The zero-order valence-corrected chi connectivity index (χ0v) is 16.8. The van der Waals surface area contributed by atoms with Crippen LogP contribution in [0.3, 0.4) is 0 Å². The highest BCUT2D eigenvalue weighted by Gasteiger charge is 2.28. The number of rotatable bonds is 6. The molecule has 3 rings (SSSR count). The molecule has 0 fully saturated rings. The predicted octanol–water partition coefficient (Wildman–Crippen LogP) is 4.09. The summed E-state index contributed by atoms with van der Waals surface area (Å²) in [6.45, 7) is 0. The van der Waals surface area contributed by atoms with Gasteiger partial charge < -0.3 is 13.9 Å². The van der Waals surface area contributed by atoms with E-state index in [4.69, 9.17) is 13.9 Å². The SMILES string of the molecule is COC(=O)[C@H](CC(=O)c1ccc(Br)cc1)c1cc(=O)oc2cc(OC)ccc12. The molecule has 28 heavy (non-hydrogen) atoms. The Kier molecular flexibility index (Phi) is 5.94. The number of carbonyl (C=O) groups is 2. The Labute approximate surface area is 169 Å². The van der Waals surface area contributed by atoms with Gasteiger partial charge in [0, 0.05) is 34.0 Å². The molecule has 1 atom stereocenters. The molecule has 0 amide bonds. The smallest absolute Gasteiger partial charge is 0.336 e. The number of hydrogen-bond acceptors (Lipinski definition) is 6. The van der Waals surface area contributed by atoms with Crippen LogP contribution >= 0.6 is 15.9 Å². The number of halogens is 1. The monoisotopic (exact) mass is 444 g/mol. The van der Waals surface area contributed by atoms with Crippen LogP contribution in [-0.2, 0) is 9.53 Å². The van der Waals surface area contributed by atoms with Crippen molar-refractivity contribution in [1.29, 1.82) is 0 Å². The van der Waals surface area contributed by atoms with Crippen LogP contribution in [0, 0.1) is 0 Å². The average molecular weight is 445 g/mol. The number of Topliss-reactive ketones (excluding diaryl/α,β-unsaturated/α-hetero) is 1. The minimum Gasteiger partial charge on any atom is -0.497 e. The third kappa shape index (κ3) is 4.14. The minimum atomic E-state index is -0.943. The van der Waals surface area contributed by atoms with Crippen LogP contribution in [0.25, 0.3) is 11.0 Å². The fourth-order valence-corrected chi connectivity index (χ4v) is 3.25. The Morgan fingerprint density at radius 2 is 1.79 bits per heavy atom. The second-order valence-corrected chi connectivity index (χ2v) is 7.01. The van der Waals surface area contributed by atoms with Crippen molar-refractivity contribution in [3.05, 3.63) is 74.6 Å². The summed E-state index contributed by atoms with van der Waals surface area (Å²) < 4.78 is 16.1. The minimum absolute atomic E-state index is 0.140. The van der Waals surface area contributed by atoms with Crippen molar-refractivity contribution in [2.45, 2.75) is 12.3 Å². The molecule has 144 valence electrons. The standard InChI is InChI=1S/C21H17BrO6/c1-26-14-7-8-15-16(11-20(24)28-19(15)9-14)17(21(25)27-2)10-18(23)12-3-5-13(22)6-4-12/h3-9,11,17H,10H2,1-2H3/t17-/m1/s1. The van der Waals surface area contributed by atoms with Gasteiger partial charge in [-0.3, -0.25) is 9.59 Å². The molecule has 1 heterocycles. The van der Waals surface area contributed by atoms with E-state index in [-0.39, 0.29) is 17.8 Å². The van der Waals surface area contributed by atoms with Gasteiger partial charge in [0.15, 0.2) is 5.78 Å². The highest BCUT2D eigenvalue weighted by molar-refractivity contribution is 9.10. The normalized spacial score (nSPS) is 11.8. The number of methoxy groups -OCH3 is 2. The molecule has 0 aliphatic carbocycles. The second kappa shape index (κ2) is 8.39. The summed E-state index contributed by atoms with van der Waals surface area (Å²) in [4.78, 5) is 37.3. The van der Waals surface area contributed by atoms with E-state index in [1.54, 1.807) is 42.5 Å². The van der Waals surface area contributed by atoms with E-state index in [2.05, 4.69) is 15.9 Å². The van der Waals surface area contributed by atoms with Crippen molar-refractivity contribution in [2.75, 3.05) is 14.2 Å². The van der Waals surface area contributed by atoms with Crippen molar-refractivity contribution in [3.63, 3.8) is 0 Å². The number of benzene rings is 2. The highest BCUT2D eigenvalue weighted by atomic mass is 79.9.